The van der Waals surface area contributed by atoms with Crippen molar-refractivity contribution in [2.24, 2.45) is 5.92 Å². The van der Waals surface area contributed by atoms with Crippen LogP contribution in [0.3, 0.4) is 0 Å². The minimum Gasteiger partial charge on any atom is -0.482 e. The maximum Gasteiger partial charge on any atom is 0.422 e. The van der Waals surface area contributed by atoms with Crippen molar-refractivity contribution in [3.63, 3.8) is 0 Å². The van der Waals surface area contributed by atoms with Crippen LogP contribution in [0.1, 0.15) is 32.6 Å². The zero-order chi connectivity index (χ0) is 14.6. The van der Waals surface area contributed by atoms with Crippen molar-refractivity contribution >= 4 is 5.69 Å². The molecule has 2 nitrogen and oxygen atoms in total. The van der Waals surface area contributed by atoms with Gasteiger partial charge in [-0.1, -0.05) is 25.5 Å². The SMILES string of the molecule is CCC1CCC(Nc2ccccc2OCC(F)(F)F)C1. The van der Waals surface area contributed by atoms with Gasteiger partial charge in [0.25, 0.3) is 0 Å². The van der Waals surface area contributed by atoms with Gasteiger partial charge in [-0.2, -0.15) is 13.2 Å². The number of hydrogen-bond donors (Lipinski definition) is 1. The molecule has 1 N–H and O–H groups in total. The number of para-hydroxylation sites is 2. The Morgan fingerprint density at radius 3 is 2.65 bits per heavy atom. The Kier molecular flexibility index (Phi) is 4.78. The van der Waals surface area contributed by atoms with Gasteiger partial charge in [-0.3, -0.25) is 0 Å². The molecule has 112 valence electrons. The van der Waals surface area contributed by atoms with Crippen LogP contribution in [0.5, 0.6) is 5.75 Å². The van der Waals surface area contributed by atoms with E-state index in [1.807, 2.05) is 0 Å². The summed E-state index contributed by atoms with van der Waals surface area (Å²) in [5.74, 6) is 0.987. The minimum absolute atomic E-state index is 0.268. The van der Waals surface area contributed by atoms with Crippen LogP contribution in [0.2, 0.25) is 0 Å². The summed E-state index contributed by atoms with van der Waals surface area (Å²) in [7, 11) is 0. The van der Waals surface area contributed by atoms with Crippen molar-refractivity contribution in [1.82, 2.24) is 0 Å². The first-order valence-corrected chi connectivity index (χ1v) is 7.03. The van der Waals surface area contributed by atoms with Crippen LogP contribution in [-0.2, 0) is 0 Å². The van der Waals surface area contributed by atoms with Crippen molar-refractivity contribution in [3.05, 3.63) is 24.3 Å². The van der Waals surface area contributed by atoms with Crippen molar-refractivity contribution in [2.75, 3.05) is 11.9 Å². The number of anilines is 1. The lowest BCUT2D eigenvalue weighted by Crippen LogP contribution is -2.21. The molecule has 0 saturated heterocycles. The average Bonchev–Trinajstić information content (AvgIpc) is 2.84. The molecule has 2 rings (SSSR count). The fraction of sp³-hybridized carbons (Fsp3) is 0.600. The predicted molar refractivity (Wildman–Crippen MR) is 73.0 cm³/mol. The van der Waals surface area contributed by atoms with Crippen LogP contribution in [-0.4, -0.2) is 18.8 Å². The second kappa shape index (κ2) is 6.37. The molecule has 2 atom stereocenters. The molecule has 2 unspecified atom stereocenters. The minimum atomic E-state index is -4.31. The first kappa shape index (κ1) is 15.0. The Bertz CT molecular complexity index is 433. The molecule has 0 heterocycles. The van der Waals surface area contributed by atoms with E-state index < -0.39 is 12.8 Å². The van der Waals surface area contributed by atoms with Gasteiger partial charge in [0.15, 0.2) is 6.61 Å². The van der Waals surface area contributed by atoms with E-state index >= 15 is 0 Å². The first-order valence-electron chi connectivity index (χ1n) is 7.03. The largest absolute Gasteiger partial charge is 0.482 e. The standard InChI is InChI=1S/C15H20F3NO/c1-2-11-7-8-12(9-11)19-13-5-3-4-6-14(13)20-10-15(16,17)18/h3-6,11-12,19H,2,7-10H2,1H3. The van der Waals surface area contributed by atoms with E-state index in [4.69, 9.17) is 4.74 Å². The highest BCUT2D eigenvalue weighted by atomic mass is 19.4. The summed E-state index contributed by atoms with van der Waals surface area (Å²) in [6.45, 7) is 0.918. The highest BCUT2D eigenvalue weighted by molar-refractivity contribution is 5.56. The topological polar surface area (TPSA) is 21.3 Å². The van der Waals surface area contributed by atoms with E-state index in [0.29, 0.717) is 11.7 Å². The fourth-order valence-electron chi connectivity index (χ4n) is 2.67. The smallest absolute Gasteiger partial charge is 0.422 e. The Morgan fingerprint density at radius 2 is 2.00 bits per heavy atom. The highest BCUT2D eigenvalue weighted by Gasteiger charge is 2.29. The summed E-state index contributed by atoms with van der Waals surface area (Å²) >= 11 is 0. The zero-order valence-corrected chi connectivity index (χ0v) is 11.5. The van der Waals surface area contributed by atoms with E-state index in [1.165, 1.54) is 6.42 Å². The first-order chi connectivity index (χ1) is 9.48. The number of rotatable bonds is 5. The van der Waals surface area contributed by atoms with E-state index in [1.54, 1.807) is 24.3 Å². The third-order valence-corrected chi connectivity index (χ3v) is 3.76. The molecule has 0 amide bonds. The molecule has 5 heteroatoms. The average molecular weight is 287 g/mol. The van der Waals surface area contributed by atoms with Crippen LogP contribution in [0, 0.1) is 5.92 Å². The van der Waals surface area contributed by atoms with Gasteiger partial charge in [-0.25, -0.2) is 0 Å². The lowest BCUT2D eigenvalue weighted by Gasteiger charge is -2.18. The lowest BCUT2D eigenvalue weighted by atomic mass is 10.1. The van der Waals surface area contributed by atoms with E-state index in [2.05, 4.69) is 12.2 Å². The zero-order valence-electron chi connectivity index (χ0n) is 11.5. The van der Waals surface area contributed by atoms with Crippen molar-refractivity contribution in [2.45, 2.75) is 44.8 Å². The normalized spacial score (nSPS) is 22.8. The molecule has 1 aromatic carbocycles. The third kappa shape index (κ3) is 4.32. The Labute approximate surface area is 117 Å². The van der Waals surface area contributed by atoms with Gasteiger partial charge in [0.05, 0.1) is 5.69 Å². The van der Waals surface area contributed by atoms with Gasteiger partial charge in [0.1, 0.15) is 5.75 Å². The highest BCUT2D eigenvalue weighted by Crippen LogP contribution is 2.33. The van der Waals surface area contributed by atoms with E-state index in [9.17, 15) is 13.2 Å². The molecular weight excluding hydrogens is 267 g/mol. The molecule has 0 aromatic heterocycles. The second-order valence-electron chi connectivity index (χ2n) is 5.33. The molecule has 1 aliphatic carbocycles. The molecular formula is C15H20F3NO. The van der Waals surface area contributed by atoms with Crippen LogP contribution < -0.4 is 10.1 Å². The van der Waals surface area contributed by atoms with Gasteiger partial charge in [0.2, 0.25) is 0 Å². The van der Waals surface area contributed by atoms with E-state index in [0.717, 1.165) is 25.2 Å². The molecule has 0 aliphatic heterocycles. The van der Waals surface area contributed by atoms with Crippen LogP contribution in [0.15, 0.2) is 24.3 Å². The summed E-state index contributed by atoms with van der Waals surface area (Å²) in [5, 5.41) is 3.32. The number of nitrogens with one attached hydrogen (secondary N) is 1. The predicted octanol–water partition coefficient (Wildman–Crippen LogP) is 4.62. The summed E-state index contributed by atoms with van der Waals surface area (Å²) in [4.78, 5) is 0. The van der Waals surface area contributed by atoms with Gasteiger partial charge in [-0.15, -0.1) is 0 Å². The summed E-state index contributed by atoms with van der Waals surface area (Å²) in [5.41, 5.74) is 0.651. The fourth-order valence-corrected chi connectivity index (χ4v) is 2.67. The summed E-state index contributed by atoms with van der Waals surface area (Å²) in [6.07, 6.45) is 0.161. The quantitative estimate of drug-likeness (QED) is 0.853. The number of ether oxygens (including phenoxy) is 1. The number of alkyl halides is 3. The van der Waals surface area contributed by atoms with Crippen LogP contribution >= 0.6 is 0 Å². The van der Waals surface area contributed by atoms with Gasteiger partial charge in [-0.05, 0) is 37.3 Å². The summed E-state index contributed by atoms with van der Waals surface area (Å²) in [6, 6.07) is 7.15. The van der Waals surface area contributed by atoms with Crippen molar-refractivity contribution in [3.8, 4) is 5.75 Å². The van der Waals surface area contributed by atoms with Crippen molar-refractivity contribution < 1.29 is 17.9 Å². The third-order valence-electron chi connectivity index (χ3n) is 3.76. The molecule has 0 spiro atoms. The Morgan fingerprint density at radius 1 is 1.25 bits per heavy atom. The summed E-state index contributed by atoms with van der Waals surface area (Å²) < 4.78 is 41.6. The number of hydrogen-bond acceptors (Lipinski definition) is 2. The molecule has 0 radical (unpaired) electrons. The number of benzene rings is 1. The molecule has 0 bridgehead atoms. The second-order valence-corrected chi connectivity index (χ2v) is 5.33. The van der Waals surface area contributed by atoms with Gasteiger partial charge < -0.3 is 10.1 Å². The maximum absolute atomic E-state index is 12.2. The monoisotopic (exact) mass is 287 g/mol. The Hall–Kier alpha value is -1.39. The molecule has 20 heavy (non-hydrogen) atoms. The number of halogens is 3. The maximum atomic E-state index is 12.2. The molecule has 1 aliphatic rings. The molecule has 1 saturated carbocycles. The van der Waals surface area contributed by atoms with Crippen molar-refractivity contribution in [1.29, 1.82) is 0 Å². The van der Waals surface area contributed by atoms with Gasteiger partial charge in [0, 0.05) is 6.04 Å². The lowest BCUT2D eigenvalue weighted by molar-refractivity contribution is -0.153. The Balaban J connectivity index is 1.97. The van der Waals surface area contributed by atoms with E-state index in [-0.39, 0.29) is 5.75 Å². The van der Waals surface area contributed by atoms with Crippen LogP contribution in [0.25, 0.3) is 0 Å². The van der Waals surface area contributed by atoms with Gasteiger partial charge >= 0.3 is 6.18 Å². The molecule has 1 aromatic rings. The van der Waals surface area contributed by atoms with Crippen LogP contribution in [0.4, 0.5) is 18.9 Å². The molecule has 1 fully saturated rings.